The number of rotatable bonds is 6. The van der Waals surface area contributed by atoms with E-state index in [4.69, 9.17) is 9.63 Å². The second-order valence-electron chi connectivity index (χ2n) is 2.85. The molecule has 0 aliphatic heterocycles. The van der Waals surface area contributed by atoms with Crippen molar-refractivity contribution in [3.63, 3.8) is 0 Å². The van der Waals surface area contributed by atoms with Gasteiger partial charge in [0.1, 0.15) is 6.10 Å². The number of ether oxygens (including phenoxy) is 1. The first-order chi connectivity index (χ1) is 6.47. The van der Waals surface area contributed by atoms with Gasteiger partial charge in [-0.2, -0.15) is 0 Å². The molecule has 0 saturated carbocycles. The molecule has 0 rings (SSSR count). The predicted molar refractivity (Wildman–Crippen MR) is 51.3 cm³/mol. The van der Waals surface area contributed by atoms with Crippen LogP contribution >= 0.6 is 8.03 Å². The second kappa shape index (κ2) is 6.87. The summed E-state index contributed by atoms with van der Waals surface area (Å²) in [6.45, 7) is 5.04. The van der Waals surface area contributed by atoms with E-state index in [9.17, 15) is 9.36 Å². The number of hydrogen-bond acceptors (Lipinski definition) is 5. The highest BCUT2D eigenvalue weighted by Crippen LogP contribution is 2.25. The molecular weight excluding hydrogens is 207 g/mol. The van der Waals surface area contributed by atoms with E-state index in [0.29, 0.717) is 0 Å². The topological polar surface area (TPSA) is 72.8 Å². The largest absolute Gasteiger partial charge is 0.520 e. The zero-order chi connectivity index (χ0) is 11.1. The average molecular weight is 223 g/mol. The Morgan fingerprint density at radius 2 is 2.07 bits per heavy atom. The zero-order valence-corrected chi connectivity index (χ0v) is 9.49. The van der Waals surface area contributed by atoms with Gasteiger partial charge in [-0.3, -0.25) is 0 Å². The molecule has 0 aromatic rings. The van der Waals surface area contributed by atoms with Crippen molar-refractivity contribution in [2.75, 3.05) is 12.8 Å². The maximum absolute atomic E-state index is 11.2. The summed E-state index contributed by atoms with van der Waals surface area (Å²) in [6, 6.07) is 0. The van der Waals surface area contributed by atoms with Gasteiger partial charge in [-0.25, -0.2) is 4.79 Å². The summed E-state index contributed by atoms with van der Waals surface area (Å²) in [5.74, 6) is -0.550. The number of esters is 1. The van der Waals surface area contributed by atoms with Crippen molar-refractivity contribution in [1.82, 2.24) is 0 Å². The predicted octanol–water partition coefficient (Wildman–Crippen LogP) is 1.08. The molecule has 82 valence electrons. The summed E-state index contributed by atoms with van der Waals surface area (Å²) in [4.78, 5) is 10.9. The highest BCUT2D eigenvalue weighted by atomic mass is 31.1. The Morgan fingerprint density at radius 3 is 2.50 bits per heavy atom. The van der Waals surface area contributed by atoms with Gasteiger partial charge in [-0.05, 0) is 25.3 Å². The fourth-order valence-electron chi connectivity index (χ4n) is 0.623. The van der Waals surface area contributed by atoms with E-state index in [1.807, 2.05) is 0 Å². The number of aliphatic hydroxyl groups excluding tert-OH is 1. The highest BCUT2D eigenvalue weighted by molar-refractivity contribution is 7.40. The molecule has 1 N–H and O–H groups in total. The smallest absolute Gasteiger partial charge is 0.463 e. The average Bonchev–Trinajstić information content (AvgIpc) is 2.03. The molecule has 0 fully saturated rings. The van der Waals surface area contributed by atoms with Crippen LogP contribution in [0.4, 0.5) is 0 Å². The Labute approximate surface area is 84.3 Å². The van der Waals surface area contributed by atoms with Gasteiger partial charge in [0.15, 0.2) is 0 Å². The quantitative estimate of drug-likeness (QED) is 0.538. The summed E-state index contributed by atoms with van der Waals surface area (Å²) in [5.41, 5.74) is 0. The van der Waals surface area contributed by atoms with Crippen LogP contribution in [-0.2, 0) is 18.6 Å². The molecule has 0 aliphatic rings. The van der Waals surface area contributed by atoms with E-state index >= 15 is 0 Å². The molecule has 3 unspecified atom stereocenters. The van der Waals surface area contributed by atoms with E-state index in [0.717, 1.165) is 0 Å². The van der Waals surface area contributed by atoms with Crippen molar-refractivity contribution >= 4 is 14.0 Å². The van der Waals surface area contributed by atoms with Gasteiger partial charge < -0.3 is 9.84 Å². The molecule has 3 atom stereocenters. The molecule has 0 heterocycles. The number of carbonyl (C=O) groups excluding carboxylic acids is 1. The minimum absolute atomic E-state index is 0.258. The van der Waals surface area contributed by atoms with E-state index in [1.54, 1.807) is 13.8 Å². The lowest BCUT2D eigenvalue weighted by atomic mass is 10.3. The highest BCUT2D eigenvalue weighted by Gasteiger charge is 2.28. The second-order valence-corrected chi connectivity index (χ2v) is 4.04. The molecule has 0 amide bonds. The third-order valence-corrected chi connectivity index (χ3v) is 2.61. The minimum Gasteiger partial charge on any atom is -0.463 e. The van der Waals surface area contributed by atoms with Crippen LogP contribution in [0, 0.1) is 0 Å². The molecule has 0 saturated heterocycles. The molecule has 6 heteroatoms. The molecule has 0 bridgehead atoms. The zero-order valence-electron chi connectivity index (χ0n) is 8.60. The molecular formula is C8H16O5P+. The molecule has 14 heavy (non-hydrogen) atoms. The minimum atomic E-state index is -2.09. The van der Waals surface area contributed by atoms with Crippen molar-refractivity contribution in [1.29, 1.82) is 0 Å². The monoisotopic (exact) mass is 223 g/mol. The first-order valence-corrected chi connectivity index (χ1v) is 5.78. The maximum atomic E-state index is 11.2. The van der Waals surface area contributed by atoms with Gasteiger partial charge in [0, 0.05) is 0 Å². The Morgan fingerprint density at radius 1 is 1.50 bits per heavy atom. The normalized spacial score (nSPS) is 15.9. The molecule has 0 radical (unpaired) electrons. The molecule has 0 aliphatic carbocycles. The summed E-state index contributed by atoms with van der Waals surface area (Å²) >= 11 is 0. The van der Waals surface area contributed by atoms with Gasteiger partial charge in [0.05, 0.1) is 12.7 Å². The van der Waals surface area contributed by atoms with E-state index < -0.39 is 26.2 Å². The van der Waals surface area contributed by atoms with Crippen LogP contribution in [0.5, 0.6) is 0 Å². The van der Waals surface area contributed by atoms with Gasteiger partial charge in [-0.15, -0.1) is 4.52 Å². The van der Waals surface area contributed by atoms with Crippen molar-refractivity contribution in [2.24, 2.45) is 0 Å². The first-order valence-electron chi connectivity index (χ1n) is 4.42. The van der Waals surface area contributed by atoms with Crippen molar-refractivity contribution < 1.29 is 23.7 Å². The SMILES string of the molecule is CCOC(=O)C[P+](=O)OC(C)C(C)O. The molecule has 0 aromatic carbocycles. The molecule has 0 aromatic heterocycles. The van der Waals surface area contributed by atoms with E-state index in [1.165, 1.54) is 6.92 Å². The fraction of sp³-hybridized carbons (Fsp3) is 0.875. The van der Waals surface area contributed by atoms with Gasteiger partial charge >= 0.3 is 14.0 Å². The van der Waals surface area contributed by atoms with E-state index in [2.05, 4.69) is 4.74 Å². The first kappa shape index (κ1) is 13.5. The van der Waals surface area contributed by atoms with Crippen LogP contribution in [0.3, 0.4) is 0 Å². The van der Waals surface area contributed by atoms with Crippen LogP contribution in [0.25, 0.3) is 0 Å². The Balaban J connectivity index is 3.81. The standard InChI is InChI=1S/C8H16O5P/c1-4-12-8(10)5-14(11)13-7(3)6(2)9/h6-7,9H,4-5H2,1-3H3/q+1. The lowest BCUT2D eigenvalue weighted by Gasteiger charge is -2.06. The number of aliphatic hydroxyl groups is 1. The molecule has 0 spiro atoms. The lowest BCUT2D eigenvalue weighted by molar-refractivity contribution is -0.140. The Bertz CT molecular complexity index is 204. The maximum Gasteiger partial charge on any atom is 0.520 e. The van der Waals surface area contributed by atoms with Crippen LogP contribution in [-0.4, -0.2) is 36.1 Å². The summed E-state index contributed by atoms with van der Waals surface area (Å²) in [6.07, 6.45) is -1.52. The van der Waals surface area contributed by atoms with Gasteiger partial charge in [0.25, 0.3) is 6.16 Å². The van der Waals surface area contributed by atoms with Crippen molar-refractivity contribution in [3.8, 4) is 0 Å². The van der Waals surface area contributed by atoms with Crippen LogP contribution in [0.15, 0.2) is 0 Å². The Kier molecular flexibility index (Phi) is 6.62. The third-order valence-electron chi connectivity index (χ3n) is 1.53. The van der Waals surface area contributed by atoms with Gasteiger partial charge in [-0.1, -0.05) is 0 Å². The van der Waals surface area contributed by atoms with Crippen LogP contribution in [0.1, 0.15) is 20.8 Å². The van der Waals surface area contributed by atoms with Crippen molar-refractivity contribution in [3.05, 3.63) is 0 Å². The van der Waals surface area contributed by atoms with Crippen LogP contribution < -0.4 is 0 Å². The Hall–Kier alpha value is -0.510. The lowest BCUT2D eigenvalue weighted by Crippen LogP contribution is -2.20. The van der Waals surface area contributed by atoms with Gasteiger partial charge in [0.2, 0.25) is 0 Å². The van der Waals surface area contributed by atoms with E-state index in [-0.39, 0.29) is 12.8 Å². The number of hydrogen-bond donors (Lipinski definition) is 1. The summed E-state index contributed by atoms with van der Waals surface area (Å²) < 4.78 is 20.6. The number of carbonyl (C=O) groups is 1. The van der Waals surface area contributed by atoms with Crippen LogP contribution in [0.2, 0.25) is 0 Å². The third kappa shape index (κ3) is 6.02. The summed E-state index contributed by atoms with van der Waals surface area (Å²) in [5, 5.41) is 9.04. The fourth-order valence-corrected chi connectivity index (χ4v) is 1.55. The van der Waals surface area contributed by atoms with Crippen molar-refractivity contribution in [2.45, 2.75) is 33.0 Å². The molecule has 5 nitrogen and oxygen atoms in total. The summed E-state index contributed by atoms with van der Waals surface area (Å²) in [7, 11) is -2.09.